The quantitative estimate of drug-likeness (QED) is 0.493. The van der Waals surface area contributed by atoms with E-state index in [4.69, 9.17) is 9.15 Å². The number of hydrogen-bond acceptors (Lipinski definition) is 3. The molecule has 0 radical (unpaired) electrons. The van der Waals surface area contributed by atoms with Crippen LogP contribution in [0.15, 0.2) is 63.8 Å². The first kappa shape index (κ1) is 14.9. The number of ether oxygens (including phenoxy) is 1. The molecule has 1 aromatic heterocycles. The van der Waals surface area contributed by atoms with Gasteiger partial charge in [-0.3, -0.25) is 4.79 Å². The molecule has 0 fully saturated rings. The van der Waals surface area contributed by atoms with Crippen LogP contribution in [0.3, 0.4) is 0 Å². The van der Waals surface area contributed by atoms with Gasteiger partial charge in [0.1, 0.15) is 17.1 Å². The third-order valence-corrected chi connectivity index (χ3v) is 3.88. The molecule has 0 unspecified atom stereocenters. The SMILES string of the molecule is O=c1cc(-c2ccc(OCCCBr)cc2)oc2ccccc12. The van der Waals surface area contributed by atoms with Crippen molar-refractivity contribution in [1.29, 1.82) is 0 Å². The van der Waals surface area contributed by atoms with Gasteiger partial charge in [0.25, 0.3) is 0 Å². The molecule has 0 saturated heterocycles. The number of fused-ring (bicyclic) bond motifs is 1. The van der Waals surface area contributed by atoms with Crippen molar-refractivity contribution < 1.29 is 9.15 Å². The molecule has 0 saturated carbocycles. The zero-order valence-corrected chi connectivity index (χ0v) is 13.5. The Morgan fingerprint density at radius 2 is 1.82 bits per heavy atom. The van der Waals surface area contributed by atoms with Crippen LogP contribution in [-0.4, -0.2) is 11.9 Å². The molecule has 0 amide bonds. The first-order valence-electron chi connectivity index (χ1n) is 7.10. The largest absolute Gasteiger partial charge is 0.494 e. The molecular weight excluding hydrogens is 344 g/mol. The highest BCUT2D eigenvalue weighted by Crippen LogP contribution is 2.24. The van der Waals surface area contributed by atoms with E-state index in [9.17, 15) is 4.79 Å². The Kier molecular flexibility index (Phi) is 4.59. The van der Waals surface area contributed by atoms with E-state index in [-0.39, 0.29) is 5.43 Å². The molecule has 3 aromatic rings. The van der Waals surface area contributed by atoms with Gasteiger partial charge in [0, 0.05) is 17.0 Å². The molecule has 0 aliphatic heterocycles. The maximum atomic E-state index is 12.1. The van der Waals surface area contributed by atoms with Gasteiger partial charge in [0.05, 0.1) is 12.0 Å². The first-order valence-corrected chi connectivity index (χ1v) is 8.22. The number of alkyl halides is 1. The Balaban J connectivity index is 1.89. The molecule has 2 aromatic carbocycles. The molecule has 22 heavy (non-hydrogen) atoms. The van der Waals surface area contributed by atoms with E-state index >= 15 is 0 Å². The lowest BCUT2D eigenvalue weighted by molar-refractivity contribution is 0.319. The number of halogens is 1. The van der Waals surface area contributed by atoms with Crippen molar-refractivity contribution >= 4 is 26.9 Å². The Bertz CT molecular complexity index is 822. The Hall–Kier alpha value is -2.07. The van der Waals surface area contributed by atoms with Gasteiger partial charge in [-0.15, -0.1) is 0 Å². The molecule has 0 aliphatic rings. The van der Waals surface area contributed by atoms with Crippen LogP contribution < -0.4 is 10.2 Å². The lowest BCUT2D eigenvalue weighted by Gasteiger charge is -2.06. The highest BCUT2D eigenvalue weighted by Gasteiger charge is 2.06. The van der Waals surface area contributed by atoms with Crippen LogP contribution in [0.5, 0.6) is 5.75 Å². The zero-order chi connectivity index (χ0) is 15.4. The van der Waals surface area contributed by atoms with Crippen molar-refractivity contribution in [1.82, 2.24) is 0 Å². The normalized spacial score (nSPS) is 10.8. The summed E-state index contributed by atoms with van der Waals surface area (Å²) in [6.45, 7) is 0.676. The van der Waals surface area contributed by atoms with Crippen molar-refractivity contribution in [2.75, 3.05) is 11.9 Å². The Labute approximate surface area is 136 Å². The summed E-state index contributed by atoms with van der Waals surface area (Å²) in [5, 5.41) is 1.52. The predicted octanol–water partition coefficient (Wildman–Crippen LogP) is 4.62. The molecule has 0 bridgehead atoms. The summed E-state index contributed by atoms with van der Waals surface area (Å²) in [5.74, 6) is 1.38. The van der Waals surface area contributed by atoms with Gasteiger partial charge in [-0.1, -0.05) is 28.1 Å². The molecule has 3 rings (SSSR count). The van der Waals surface area contributed by atoms with E-state index in [1.165, 1.54) is 6.07 Å². The summed E-state index contributed by atoms with van der Waals surface area (Å²) in [4.78, 5) is 12.1. The number of benzene rings is 2. The van der Waals surface area contributed by atoms with E-state index in [1.807, 2.05) is 36.4 Å². The van der Waals surface area contributed by atoms with Crippen molar-refractivity contribution in [3.8, 4) is 17.1 Å². The standard InChI is InChI=1S/C18H15BrO3/c19-10-3-11-21-14-8-6-13(7-9-14)18-12-16(20)15-4-1-2-5-17(15)22-18/h1-2,4-9,12H,3,10-11H2. The molecule has 0 aliphatic carbocycles. The average Bonchev–Trinajstić information content (AvgIpc) is 2.56. The number of rotatable bonds is 5. The smallest absolute Gasteiger partial charge is 0.193 e. The molecule has 112 valence electrons. The van der Waals surface area contributed by atoms with Crippen molar-refractivity contribution in [2.45, 2.75) is 6.42 Å². The second kappa shape index (κ2) is 6.79. The minimum Gasteiger partial charge on any atom is -0.494 e. The second-order valence-corrected chi connectivity index (χ2v) is 5.68. The topological polar surface area (TPSA) is 39.4 Å². The van der Waals surface area contributed by atoms with Gasteiger partial charge in [0.15, 0.2) is 5.43 Å². The van der Waals surface area contributed by atoms with E-state index < -0.39 is 0 Å². The first-order chi connectivity index (χ1) is 10.8. The van der Waals surface area contributed by atoms with Crippen molar-refractivity contribution in [3.05, 3.63) is 64.8 Å². The molecule has 3 nitrogen and oxygen atoms in total. The van der Waals surface area contributed by atoms with Gasteiger partial charge in [-0.05, 0) is 42.8 Å². The third kappa shape index (κ3) is 3.22. The lowest BCUT2D eigenvalue weighted by Crippen LogP contribution is -2.00. The highest BCUT2D eigenvalue weighted by molar-refractivity contribution is 9.09. The van der Waals surface area contributed by atoms with E-state index in [0.29, 0.717) is 23.3 Å². The van der Waals surface area contributed by atoms with Gasteiger partial charge in [0.2, 0.25) is 0 Å². The predicted molar refractivity (Wildman–Crippen MR) is 91.8 cm³/mol. The number of para-hydroxylation sites is 1. The molecule has 0 spiro atoms. The molecule has 0 N–H and O–H groups in total. The average molecular weight is 359 g/mol. The maximum absolute atomic E-state index is 12.1. The van der Waals surface area contributed by atoms with E-state index in [1.54, 1.807) is 12.1 Å². The van der Waals surface area contributed by atoms with Crippen LogP contribution in [0.25, 0.3) is 22.3 Å². The third-order valence-electron chi connectivity index (χ3n) is 3.32. The monoisotopic (exact) mass is 358 g/mol. The van der Waals surface area contributed by atoms with Gasteiger partial charge in [-0.25, -0.2) is 0 Å². The van der Waals surface area contributed by atoms with Crippen LogP contribution in [0.2, 0.25) is 0 Å². The van der Waals surface area contributed by atoms with Gasteiger partial charge in [-0.2, -0.15) is 0 Å². The minimum atomic E-state index is -0.0329. The van der Waals surface area contributed by atoms with Crippen LogP contribution in [0, 0.1) is 0 Å². The fourth-order valence-electron chi connectivity index (χ4n) is 2.21. The highest BCUT2D eigenvalue weighted by atomic mass is 79.9. The van der Waals surface area contributed by atoms with Crippen LogP contribution >= 0.6 is 15.9 Å². The van der Waals surface area contributed by atoms with Crippen molar-refractivity contribution in [3.63, 3.8) is 0 Å². The summed E-state index contributed by atoms with van der Waals surface area (Å²) in [6, 6.07) is 16.4. The molecular formula is C18H15BrO3. The number of hydrogen-bond donors (Lipinski definition) is 0. The fourth-order valence-corrected chi connectivity index (χ4v) is 2.44. The zero-order valence-electron chi connectivity index (χ0n) is 11.9. The maximum Gasteiger partial charge on any atom is 0.193 e. The van der Waals surface area contributed by atoms with Crippen LogP contribution in [0.1, 0.15) is 6.42 Å². The summed E-state index contributed by atoms with van der Waals surface area (Å²) in [6.07, 6.45) is 0.960. The van der Waals surface area contributed by atoms with Gasteiger partial charge >= 0.3 is 0 Å². The summed E-state index contributed by atoms with van der Waals surface area (Å²) in [5.41, 5.74) is 1.42. The summed E-state index contributed by atoms with van der Waals surface area (Å²) in [7, 11) is 0. The van der Waals surface area contributed by atoms with E-state index in [0.717, 1.165) is 23.1 Å². The summed E-state index contributed by atoms with van der Waals surface area (Å²) < 4.78 is 11.4. The lowest BCUT2D eigenvalue weighted by atomic mass is 10.1. The Morgan fingerprint density at radius 3 is 2.59 bits per heavy atom. The summed E-state index contributed by atoms with van der Waals surface area (Å²) >= 11 is 3.37. The van der Waals surface area contributed by atoms with Crippen LogP contribution in [-0.2, 0) is 0 Å². The molecule has 4 heteroatoms. The van der Waals surface area contributed by atoms with E-state index in [2.05, 4.69) is 15.9 Å². The molecule has 1 heterocycles. The molecule has 0 atom stereocenters. The van der Waals surface area contributed by atoms with Crippen molar-refractivity contribution in [2.24, 2.45) is 0 Å². The Morgan fingerprint density at radius 1 is 1.05 bits per heavy atom. The fraction of sp³-hybridized carbons (Fsp3) is 0.167. The van der Waals surface area contributed by atoms with Gasteiger partial charge < -0.3 is 9.15 Å². The minimum absolute atomic E-state index is 0.0329. The van der Waals surface area contributed by atoms with Crippen LogP contribution in [0.4, 0.5) is 0 Å². The second-order valence-electron chi connectivity index (χ2n) is 4.89.